The molecule has 1 heterocycles. The summed E-state index contributed by atoms with van der Waals surface area (Å²) < 4.78 is 0. The van der Waals surface area contributed by atoms with Crippen molar-refractivity contribution in [3.8, 4) is 0 Å². The zero-order valence-electron chi connectivity index (χ0n) is 8.81. The lowest BCUT2D eigenvalue weighted by atomic mass is 9.94. The van der Waals surface area contributed by atoms with Crippen molar-refractivity contribution in [2.75, 3.05) is 5.45 Å². The summed E-state index contributed by atoms with van der Waals surface area (Å²) in [5, 5.41) is 1.69. The second-order valence-corrected chi connectivity index (χ2v) is 4.37. The molecule has 2 amide bonds. The zero-order chi connectivity index (χ0) is 12.0. The number of benzene rings is 2. The molecule has 17 heavy (non-hydrogen) atoms. The van der Waals surface area contributed by atoms with E-state index in [0.717, 1.165) is 10.8 Å². The molecule has 0 aliphatic carbocycles. The number of alkyl halides is 1. The highest BCUT2D eigenvalue weighted by Gasteiger charge is 2.31. The van der Waals surface area contributed by atoms with E-state index in [-0.39, 0.29) is 17.3 Å². The summed E-state index contributed by atoms with van der Waals surface area (Å²) in [5.41, 5.74) is 1.41. The van der Waals surface area contributed by atoms with E-state index in [2.05, 4.69) is 15.9 Å². The molecule has 0 saturated heterocycles. The van der Waals surface area contributed by atoms with Gasteiger partial charge in [0, 0.05) is 16.5 Å². The molecule has 0 saturated carbocycles. The highest BCUT2D eigenvalue weighted by atomic mass is 79.9. The molecule has 1 aliphatic heterocycles. The summed E-state index contributed by atoms with van der Waals surface area (Å²) in [4.78, 5) is 25.4. The third kappa shape index (κ3) is 1.34. The summed E-state index contributed by atoms with van der Waals surface area (Å²) in [7, 11) is 0. The van der Waals surface area contributed by atoms with E-state index in [1.54, 1.807) is 12.1 Å². The molecule has 0 radical (unpaired) electrons. The fourth-order valence-corrected chi connectivity index (χ4v) is 2.64. The topological polar surface area (TPSA) is 37.4 Å². The van der Waals surface area contributed by atoms with E-state index < -0.39 is 0 Å². The Kier molecular flexibility index (Phi) is 2.26. The summed E-state index contributed by atoms with van der Waals surface area (Å²) >= 11 is 3.18. The molecule has 1 aliphatic rings. The van der Waals surface area contributed by atoms with Crippen molar-refractivity contribution in [2.45, 2.75) is 0 Å². The summed E-state index contributed by atoms with van der Waals surface area (Å²) in [6, 6.07) is 11.0. The van der Waals surface area contributed by atoms with Gasteiger partial charge in [0.25, 0.3) is 11.8 Å². The summed E-state index contributed by atoms with van der Waals surface area (Å²) in [6.07, 6.45) is 0. The van der Waals surface area contributed by atoms with Crippen LogP contribution in [0.15, 0.2) is 36.4 Å². The average molecular weight is 290 g/mol. The molecule has 0 fully saturated rings. The first-order valence-corrected chi connectivity index (χ1v) is 6.30. The Morgan fingerprint density at radius 3 is 1.94 bits per heavy atom. The minimum Gasteiger partial charge on any atom is -0.269 e. The Balaban J connectivity index is 2.43. The molecular weight excluding hydrogens is 282 g/mol. The van der Waals surface area contributed by atoms with Crippen molar-refractivity contribution >= 4 is 38.5 Å². The molecule has 0 N–H and O–H groups in total. The first-order valence-electron chi connectivity index (χ1n) is 5.18. The van der Waals surface area contributed by atoms with E-state index in [1.165, 1.54) is 4.90 Å². The lowest BCUT2D eigenvalue weighted by Crippen LogP contribution is -2.39. The summed E-state index contributed by atoms with van der Waals surface area (Å²) in [5.74, 6) is -0.479. The standard InChI is InChI=1S/C13H8BrNO2/c14-7-15-12(16)9-5-1-3-8-4-2-6-10(11(8)9)13(15)17/h1-6H,7H2. The van der Waals surface area contributed by atoms with Crippen LogP contribution in [-0.4, -0.2) is 22.2 Å². The number of rotatable bonds is 1. The van der Waals surface area contributed by atoms with Crippen LogP contribution in [-0.2, 0) is 0 Å². The van der Waals surface area contributed by atoms with Crippen molar-refractivity contribution in [1.29, 1.82) is 0 Å². The van der Waals surface area contributed by atoms with Crippen molar-refractivity contribution in [3.63, 3.8) is 0 Å². The molecule has 84 valence electrons. The van der Waals surface area contributed by atoms with Crippen LogP contribution >= 0.6 is 15.9 Å². The summed E-state index contributed by atoms with van der Waals surface area (Å²) in [6.45, 7) is 0. The third-order valence-corrected chi connectivity index (χ3v) is 3.48. The zero-order valence-corrected chi connectivity index (χ0v) is 10.4. The highest BCUT2D eigenvalue weighted by molar-refractivity contribution is 9.09. The Hall–Kier alpha value is -1.68. The maximum absolute atomic E-state index is 12.1. The maximum atomic E-state index is 12.1. The lowest BCUT2D eigenvalue weighted by Gasteiger charge is -2.25. The molecule has 3 nitrogen and oxygen atoms in total. The first kappa shape index (κ1) is 10.5. The van der Waals surface area contributed by atoms with Gasteiger partial charge in [-0.1, -0.05) is 40.2 Å². The van der Waals surface area contributed by atoms with Gasteiger partial charge >= 0.3 is 0 Å². The van der Waals surface area contributed by atoms with Crippen LogP contribution in [0.1, 0.15) is 20.7 Å². The van der Waals surface area contributed by atoms with Gasteiger partial charge in [-0.05, 0) is 17.5 Å². The minimum absolute atomic E-state index is 0.218. The Morgan fingerprint density at radius 2 is 1.47 bits per heavy atom. The molecule has 3 rings (SSSR count). The normalized spacial score (nSPS) is 14.5. The Labute approximate surface area is 106 Å². The van der Waals surface area contributed by atoms with Crippen molar-refractivity contribution < 1.29 is 9.59 Å². The van der Waals surface area contributed by atoms with Crippen LogP contribution in [0, 0.1) is 0 Å². The molecule has 2 aromatic carbocycles. The SMILES string of the molecule is O=C1c2cccc3cccc(c23)C(=O)N1CBr. The van der Waals surface area contributed by atoms with Crippen LogP contribution in [0.4, 0.5) is 0 Å². The van der Waals surface area contributed by atoms with Crippen LogP contribution < -0.4 is 0 Å². The van der Waals surface area contributed by atoms with Gasteiger partial charge in [0.1, 0.15) is 0 Å². The number of carbonyl (C=O) groups is 2. The number of hydrogen-bond donors (Lipinski definition) is 0. The van der Waals surface area contributed by atoms with E-state index >= 15 is 0 Å². The Bertz CT molecular complexity index is 600. The van der Waals surface area contributed by atoms with E-state index in [0.29, 0.717) is 11.1 Å². The molecule has 0 unspecified atom stereocenters. The van der Waals surface area contributed by atoms with Gasteiger partial charge in [0.05, 0.1) is 5.45 Å². The molecule has 0 spiro atoms. The first-order chi connectivity index (χ1) is 8.24. The minimum atomic E-state index is -0.240. The largest absolute Gasteiger partial charge is 0.269 e. The van der Waals surface area contributed by atoms with Crippen molar-refractivity contribution in [1.82, 2.24) is 4.90 Å². The van der Waals surface area contributed by atoms with E-state index in [4.69, 9.17) is 0 Å². The highest BCUT2D eigenvalue weighted by Crippen LogP contribution is 2.29. The van der Waals surface area contributed by atoms with Gasteiger partial charge in [0.2, 0.25) is 0 Å². The number of amides is 2. The van der Waals surface area contributed by atoms with Gasteiger partial charge in [-0.25, -0.2) is 0 Å². The van der Waals surface area contributed by atoms with Crippen LogP contribution in [0.5, 0.6) is 0 Å². The number of carbonyl (C=O) groups excluding carboxylic acids is 2. The van der Waals surface area contributed by atoms with Crippen molar-refractivity contribution in [3.05, 3.63) is 47.5 Å². The average Bonchev–Trinajstić information content (AvgIpc) is 2.36. The lowest BCUT2D eigenvalue weighted by molar-refractivity contribution is 0.0643. The molecule has 0 atom stereocenters. The number of halogens is 1. The molecule has 0 bridgehead atoms. The van der Waals surface area contributed by atoms with Gasteiger partial charge in [-0.3, -0.25) is 14.5 Å². The predicted molar refractivity (Wildman–Crippen MR) is 68.2 cm³/mol. The molecule has 0 aromatic heterocycles. The maximum Gasteiger partial charge on any atom is 0.262 e. The van der Waals surface area contributed by atoms with Crippen molar-refractivity contribution in [2.24, 2.45) is 0 Å². The smallest absolute Gasteiger partial charge is 0.262 e. The molecule has 2 aromatic rings. The van der Waals surface area contributed by atoms with E-state index in [9.17, 15) is 9.59 Å². The molecule has 4 heteroatoms. The number of hydrogen-bond acceptors (Lipinski definition) is 2. The van der Waals surface area contributed by atoms with Gasteiger partial charge < -0.3 is 0 Å². The second-order valence-electron chi connectivity index (χ2n) is 3.87. The van der Waals surface area contributed by atoms with Gasteiger partial charge in [-0.2, -0.15) is 0 Å². The van der Waals surface area contributed by atoms with Gasteiger partial charge in [0.15, 0.2) is 0 Å². The monoisotopic (exact) mass is 289 g/mol. The van der Waals surface area contributed by atoms with Gasteiger partial charge in [-0.15, -0.1) is 0 Å². The number of imide groups is 1. The molecular formula is C13H8BrNO2. The predicted octanol–water partition coefficient (Wildman–Crippen LogP) is 2.79. The fourth-order valence-electron chi connectivity index (χ4n) is 2.19. The Morgan fingerprint density at radius 1 is 0.941 bits per heavy atom. The quantitative estimate of drug-likeness (QED) is 0.460. The van der Waals surface area contributed by atoms with Crippen LogP contribution in [0.2, 0.25) is 0 Å². The van der Waals surface area contributed by atoms with E-state index in [1.807, 2.05) is 24.3 Å². The van der Waals surface area contributed by atoms with Crippen LogP contribution in [0.3, 0.4) is 0 Å². The third-order valence-electron chi connectivity index (χ3n) is 2.98. The van der Waals surface area contributed by atoms with Crippen LogP contribution in [0.25, 0.3) is 10.8 Å². The fraction of sp³-hybridized carbons (Fsp3) is 0.0769. The number of nitrogens with zero attached hydrogens (tertiary/aromatic N) is 1. The second kappa shape index (κ2) is 3.67.